The van der Waals surface area contributed by atoms with Crippen LogP contribution in [0.2, 0.25) is 0 Å². The van der Waals surface area contributed by atoms with Crippen LogP contribution in [0.3, 0.4) is 0 Å². The van der Waals surface area contributed by atoms with Crippen LogP contribution in [0, 0.1) is 17.8 Å². The van der Waals surface area contributed by atoms with Crippen molar-refractivity contribution in [3.05, 3.63) is 0 Å². The number of carbonyl (C=O) groups excluding carboxylic acids is 1. The van der Waals surface area contributed by atoms with Gasteiger partial charge in [-0.3, -0.25) is 4.79 Å². The van der Waals surface area contributed by atoms with E-state index >= 15 is 0 Å². The van der Waals surface area contributed by atoms with Crippen molar-refractivity contribution in [2.75, 3.05) is 19.7 Å². The zero-order chi connectivity index (χ0) is 12.0. The molecule has 0 bridgehead atoms. The Morgan fingerprint density at radius 1 is 1.29 bits per heavy atom. The van der Waals surface area contributed by atoms with Gasteiger partial charge in [0.15, 0.2) is 0 Å². The number of hydrogen-bond acceptors (Lipinski definition) is 3. The highest BCUT2D eigenvalue weighted by molar-refractivity contribution is 5.80. The molecule has 1 N–H and O–H groups in total. The van der Waals surface area contributed by atoms with Crippen molar-refractivity contribution in [3.63, 3.8) is 0 Å². The maximum absolute atomic E-state index is 12.4. The molecular weight excluding hydrogens is 218 g/mol. The van der Waals surface area contributed by atoms with Crippen molar-refractivity contribution in [1.82, 2.24) is 4.90 Å². The first-order valence-electron chi connectivity index (χ1n) is 6.75. The summed E-state index contributed by atoms with van der Waals surface area (Å²) in [6, 6.07) is 0. The van der Waals surface area contributed by atoms with Crippen LogP contribution >= 0.6 is 0 Å². The Bertz CT molecular complexity index is 320. The first-order valence-corrected chi connectivity index (χ1v) is 6.75. The Morgan fingerprint density at radius 3 is 2.76 bits per heavy atom. The molecule has 0 aromatic heterocycles. The topological polar surface area (TPSA) is 49.8 Å². The fraction of sp³-hybridized carbons (Fsp3) is 0.923. The Morgan fingerprint density at radius 2 is 2.12 bits per heavy atom. The normalized spacial score (nSPS) is 45.3. The average molecular weight is 239 g/mol. The number of hydrogen-bond donors (Lipinski definition) is 1. The summed E-state index contributed by atoms with van der Waals surface area (Å²) in [6.45, 7) is 4.31. The van der Waals surface area contributed by atoms with Gasteiger partial charge >= 0.3 is 0 Å². The molecular formula is C13H21NO3. The summed E-state index contributed by atoms with van der Waals surface area (Å²) in [5.41, 5.74) is 0. The standard InChI is InChI=1S/C13H21NO3/c1-8-10(4-5-17-8)13(16)14-6-9-2-3-12(15)11(9)7-14/h8-12,15H,2-7H2,1H3. The predicted octanol–water partition coefficient (Wildman–Crippen LogP) is 0.641. The zero-order valence-electron chi connectivity index (χ0n) is 10.3. The Kier molecular flexibility index (Phi) is 2.87. The highest BCUT2D eigenvalue weighted by atomic mass is 16.5. The number of likely N-dealkylation sites (tertiary alicyclic amines) is 1. The number of carbonyl (C=O) groups is 1. The minimum Gasteiger partial charge on any atom is -0.393 e. The van der Waals surface area contributed by atoms with E-state index in [0.29, 0.717) is 18.4 Å². The summed E-state index contributed by atoms with van der Waals surface area (Å²) >= 11 is 0. The molecule has 1 amide bonds. The maximum Gasteiger partial charge on any atom is 0.228 e. The summed E-state index contributed by atoms with van der Waals surface area (Å²) in [6.07, 6.45) is 2.73. The molecule has 96 valence electrons. The molecule has 1 saturated carbocycles. The molecule has 0 radical (unpaired) electrons. The van der Waals surface area contributed by atoms with Gasteiger partial charge in [-0.2, -0.15) is 0 Å². The van der Waals surface area contributed by atoms with Crippen molar-refractivity contribution in [2.45, 2.75) is 38.4 Å². The summed E-state index contributed by atoms with van der Waals surface area (Å²) in [7, 11) is 0. The number of amides is 1. The molecule has 2 heterocycles. The highest BCUT2D eigenvalue weighted by Gasteiger charge is 2.45. The first kappa shape index (κ1) is 11.5. The van der Waals surface area contributed by atoms with Gasteiger partial charge in [0.25, 0.3) is 0 Å². The van der Waals surface area contributed by atoms with Gasteiger partial charge < -0.3 is 14.7 Å². The van der Waals surface area contributed by atoms with E-state index in [1.807, 2.05) is 11.8 Å². The second-order valence-corrected chi connectivity index (χ2v) is 5.78. The van der Waals surface area contributed by atoms with Gasteiger partial charge in [-0.05, 0) is 32.1 Å². The Labute approximate surface area is 102 Å². The van der Waals surface area contributed by atoms with E-state index in [9.17, 15) is 9.90 Å². The third-order valence-electron chi connectivity index (χ3n) is 4.82. The lowest BCUT2D eigenvalue weighted by Crippen LogP contribution is -2.38. The van der Waals surface area contributed by atoms with Crippen LogP contribution in [0.25, 0.3) is 0 Å². The molecule has 4 nitrogen and oxygen atoms in total. The fourth-order valence-electron chi connectivity index (χ4n) is 3.71. The molecule has 3 aliphatic rings. The molecule has 3 rings (SSSR count). The van der Waals surface area contributed by atoms with E-state index in [1.165, 1.54) is 0 Å². The quantitative estimate of drug-likeness (QED) is 0.730. The van der Waals surface area contributed by atoms with Gasteiger partial charge in [-0.1, -0.05) is 0 Å². The average Bonchev–Trinajstić information content (AvgIpc) is 2.96. The molecule has 2 saturated heterocycles. The molecule has 2 aliphatic heterocycles. The lowest BCUT2D eigenvalue weighted by molar-refractivity contribution is -0.136. The van der Waals surface area contributed by atoms with Gasteiger partial charge in [0.05, 0.1) is 18.1 Å². The molecule has 0 aromatic rings. The van der Waals surface area contributed by atoms with E-state index in [-0.39, 0.29) is 24.0 Å². The first-order chi connectivity index (χ1) is 8.16. The number of nitrogens with zero attached hydrogens (tertiary/aromatic N) is 1. The minimum atomic E-state index is -0.185. The zero-order valence-corrected chi connectivity index (χ0v) is 10.3. The highest BCUT2D eigenvalue weighted by Crippen LogP contribution is 2.39. The molecule has 0 aromatic carbocycles. The number of aliphatic hydroxyl groups is 1. The summed E-state index contributed by atoms with van der Waals surface area (Å²) in [5.74, 6) is 1.16. The summed E-state index contributed by atoms with van der Waals surface area (Å²) in [5, 5.41) is 9.85. The third kappa shape index (κ3) is 1.87. The molecule has 1 aliphatic carbocycles. The van der Waals surface area contributed by atoms with Gasteiger partial charge in [0, 0.05) is 25.6 Å². The minimum absolute atomic E-state index is 0.0472. The number of rotatable bonds is 1. The van der Waals surface area contributed by atoms with Crippen LogP contribution in [-0.4, -0.2) is 47.8 Å². The van der Waals surface area contributed by atoms with E-state index in [2.05, 4.69) is 0 Å². The maximum atomic E-state index is 12.4. The van der Waals surface area contributed by atoms with Crippen LogP contribution in [0.1, 0.15) is 26.2 Å². The third-order valence-corrected chi connectivity index (χ3v) is 4.82. The van der Waals surface area contributed by atoms with E-state index in [0.717, 1.165) is 32.4 Å². The van der Waals surface area contributed by atoms with Gasteiger partial charge in [0.2, 0.25) is 5.91 Å². The molecule has 4 heteroatoms. The lowest BCUT2D eigenvalue weighted by atomic mass is 9.99. The lowest BCUT2D eigenvalue weighted by Gasteiger charge is -2.23. The number of fused-ring (bicyclic) bond motifs is 1. The van der Waals surface area contributed by atoms with Crippen molar-refractivity contribution < 1.29 is 14.6 Å². The largest absolute Gasteiger partial charge is 0.393 e. The summed E-state index contributed by atoms with van der Waals surface area (Å²) < 4.78 is 5.46. The van der Waals surface area contributed by atoms with Crippen LogP contribution in [0.5, 0.6) is 0 Å². The van der Waals surface area contributed by atoms with E-state index in [4.69, 9.17) is 4.74 Å². The molecule has 17 heavy (non-hydrogen) atoms. The van der Waals surface area contributed by atoms with E-state index < -0.39 is 0 Å². The van der Waals surface area contributed by atoms with E-state index in [1.54, 1.807) is 0 Å². The smallest absolute Gasteiger partial charge is 0.228 e. The van der Waals surface area contributed by atoms with Crippen molar-refractivity contribution >= 4 is 5.91 Å². The molecule has 0 spiro atoms. The SMILES string of the molecule is CC1OCCC1C(=O)N1CC2CCC(O)C2C1. The van der Waals surface area contributed by atoms with Crippen LogP contribution in [-0.2, 0) is 9.53 Å². The monoisotopic (exact) mass is 239 g/mol. The Hall–Kier alpha value is -0.610. The molecule has 5 atom stereocenters. The number of ether oxygens (including phenoxy) is 1. The van der Waals surface area contributed by atoms with Crippen LogP contribution in [0.15, 0.2) is 0 Å². The second kappa shape index (κ2) is 4.25. The van der Waals surface area contributed by atoms with Gasteiger partial charge in [-0.25, -0.2) is 0 Å². The van der Waals surface area contributed by atoms with Gasteiger partial charge in [0.1, 0.15) is 0 Å². The van der Waals surface area contributed by atoms with Crippen molar-refractivity contribution in [1.29, 1.82) is 0 Å². The number of aliphatic hydroxyl groups excluding tert-OH is 1. The van der Waals surface area contributed by atoms with Gasteiger partial charge in [-0.15, -0.1) is 0 Å². The Balaban J connectivity index is 1.65. The van der Waals surface area contributed by atoms with Crippen LogP contribution < -0.4 is 0 Å². The summed E-state index contributed by atoms with van der Waals surface area (Å²) in [4.78, 5) is 14.3. The van der Waals surface area contributed by atoms with Crippen molar-refractivity contribution in [2.24, 2.45) is 17.8 Å². The second-order valence-electron chi connectivity index (χ2n) is 5.78. The molecule has 3 fully saturated rings. The fourth-order valence-corrected chi connectivity index (χ4v) is 3.71. The van der Waals surface area contributed by atoms with Crippen molar-refractivity contribution in [3.8, 4) is 0 Å². The predicted molar refractivity (Wildman–Crippen MR) is 62.3 cm³/mol. The van der Waals surface area contributed by atoms with Crippen LogP contribution in [0.4, 0.5) is 0 Å². The molecule has 5 unspecified atom stereocenters.